The van der Waals surface area contributed by atoms with E-state index in [9.17, 15) is 22.0 Å². The topological polar surface area (TPSA) is 66.5 Å². The van der Waals surface area contributed by atoms with Crippen molar-refractivity contribution in [2.24, 2.45) is 0 Å². The highest BCUT2D eigenvalue weighted by molar-refractivity contribution is 7.89. The number of carbonyl (C=O) groups is 1. The second-order valence-electron chi connectivity index (χ2n) is 4.52. The fourth-order valence-electron chi connectivity index (χ4n) is 2.00. The molecule has 0 bridgehead atoms. The molecule has 0 unspecified atom stereocenters. The molecule has 1 aliphatic rings. The van der Waals surface area contributed by atoms with Crippen LogP contribution in [0.2, 0.25) is 0 Å². The molecule has 0 spiro atoms. The van der Waals surface area contributed by atoms with Crippen LogP contribution in [0.15, 0.2) is 23.1 Å². The van der Waals surface area contributed by atoms with Crippen LogP contribution in [0.4, 0.5) is 8.78 Å². The lowest BCUT2D eigenvalue weighted by molar-refractivity contribution is -0.128. The largest absolute Gasteiger partial charge is 0.342 e. The van der Waals surface area contributed by atoms with Crippen molar-refractivity contribution in [1.82, 2.24) is 9.62 Å². The van der Waals surface area contributed by atoms with Crippen LogP contribution in [-0.2, 0) is 14.8 Å². The molecular weight excluding hydrogens is 290 g/mol. The van der Waals surface area contributed by atoms with Crippen molar-refractivity contribution in [2.75, 3.05) is 19.6 Å². The van der Waals surface area contributed by atoms with Crippen molar-refractivity contribution in [2.45, 2.75) is 17.7 Å². The Bertz CT molecular complexity index is 593. The molecule has 20 heavy (non-hydrogen) atoms. The number of carbonyl (C=O) groups excluding carboxylic acids is 1. The van der Waals surface area contributed by atoms with Crippen LogP contribution in [0.1, 0.15) is 12.8 Å². The van der Waals surface area contributed by atoms with E-state index in [0.717, 1.165) is 12.8 Å². The van der Waals surface area contributed by atoms with Gasteiger partial charge >= 0.3 is 0 Å². The molecule has 8 heteroatoms. The van der Waals surface area contributed by atoms with E-state index in [1.54, 1.807) is 4.90 Å². The van der Waals surface area contributed by atoms with Gasteiger partial charge in [-0.05, 0) is 25.0 Å². The summed E-state index contributed by atoms with van der Waals surface area (Å²) in [6.45, 7) is 0.796. The molecule has 1 aromatic rings. The van der Waals surface area contributed by atoms with Crippen molar-refractivity contribution < 1.29 is 22.0 Å². The Morgan fingerprint density at radius 2 is 1.70 bits per heavy atom. The lowest BCUT2D eigenvalue weighted by Gasteiger charge is -2.15. The Labute approximate surface area is 115 Å². The number of nitrogens with zero attached hydrogens (tertiary/aromatic N) is 1. The third kappa shape index (κ3) is 3.51. The Kier molecular flexibility index (Phi) is 4.34. The molecule has 1 N–H and O–H groups in total. The number of halogens is 2. The molecule has 1 fully saturated rings. The van der Waals surface area contributed by atoms with Crippen LogP contribution in [0.3, 0.4) is 0 Å². The van der Waals surface area contributed by atoms with Gasteiger partial charge in [0.25, 0.3) is 0 Å². The molecule has 5 nitrogen and oxygen atoms in total. The first-order chi connectivity index (χ1) is 9.38. The Balaban J connectivity index is 2.05. The van der Waals surface area contributed by atoms with E-state index >= 15 is 0 Å². The highest BCUT2D eigenvalue weighted by atomic mass is 32.2. The number of hydrogen-bond donors (Lipinski definition) is 1. The zero-order chi connectivity index (χ0) is 14.8. The first kappa shape index (κ1) is 14.9. The van der Waals surface area contributed by atoms with Crippen LogP contribution < -0.4 is 4.72 Å². The summed E-state index contributed by atoms with van der Waals surface area (Å²) in [6, 6.07) is 1.98. The van der Waals surface area contributed by atoms with E-state index in [0.29, 0.717) is 31.3 Å². The molecule has 1 saturated heterocycles. The molecule has 1 aliphatic heterocycles. The van der Waals surface area contributed by atoms with E-state index in [2.05, 4.69) is 4.72 Å². The Morgan fingerprint density at radius 3 is 2.25 bits per heavy atom. The smallest absolute Gasteiger partial charge is 0.241 e. The first-order valence-electron chi connectivity index (χ1n) is 6.12. The minimum atomic E-state index is -4.11. The van der Waals surface area contributed by atoms with Crippen LogP contribution in [0.5, 0.6) is 0 Å². The second-order valence-corrected chi connectivity index (χ2v) is 6.28. The molecule has 1 heterocycles. The number of hydrogen-bond acceptors (Lipinski definition) is 3. The van der Waals surface area contributed by atoms with Crippen molar-refractivity contribution in [3.05, 3.63) is 29.8 Å². The van der Waals surface area contributed by atoms with Gasteiger partial charge in [0, 0.05) is 19.2 Å². The molecule has 1 amide bonds. The van der Waals surface area contributed by atoms with Gasteiger partial charge in [-0.25, -0.2) is 21.9 Å². The number of rotatable bonds is 4. The molecule has 0 atom stereocenters. The fourth-order valence-corrected chi connectivity index (χ4v) is 3.02. The lowest BCUT2D eigenvalue weighted by atomic mass is 10.3. The van der Waals surface area contributed by atoms with Crippen molar-refractivity contribution in [1.29, 1.82) is 0 Å². The number of sulfonamides is 1. The average Bonchev–Trinajstić information content (AvgIpc) is 2.88. The summed E-state index contributed by atoms with van der Waals surface area (Å²) in [5.74, 6) is -2.32. The van der Waals surface area contributed by atoms with Gasteiger partial charge in [0.15, 0.2) is 0 Å². The number of nitrogens with one attached hydrogen (secondary N) is 1. The van der Waals surface area contributed by atoms with Gasteiger partial charge in [-0.15, -0.1) is 0 Å². The molecule has 0 saturated carbocycles. The number of benzene rings is 1. The van der Waals surface area contributed by atoms with Gasteiger partial charge < -0.3 is 4.90 Å². The summed E-state index contributed by atoms with van der Waals surface area (Å²) in [4.78, 5) is 12.7. The van der Waals surface area contributed by atoms with Crippen LogP contribution in [-0.4, -0.2) is 38.9 Å². The van der Waals surface area contributed by atoms with Gasteiger partial charge in [0.05, 0.1) is 11.4 Å². The summed E-state index contributed by atoms with van der Waals surface area (Å²) in [5, 5.41) is 0. The summed E-state index contributed by atoms with van der Waals surface area (Å²) >= 11 is 0. The number of likely N-dealkylation sites (tertiary alicyclic amines) is 1. The minimum Gasteiger partial charge on any atom is -0.342 e. The standard InChI is InChI=1S/C12H14F2N2O3S/c13-9-5-10(14)7-11(6-9)20(18,19)15-8-12(17)16-3-1-2-4-16/h5-7,15H,1-4,8H2. The average molecular weight is 304 g/mol. The van der Waals surface area contributed by atoms with Crippen molar-refractivity contribution >= 4 is 15.9 Å². The maximum absolute atomic E-state index is 13.0. The summed E-state index contributed by atoms with van der Waals surface area (Å²) in [7, 11) is -4.11. The van der Waals surface area contributed by atoms with Gasteiger partial charge in [-0.1, -0.05) is 0 Å². The Hall–Kier alpha value is -1.54. The quantitative estimate of drug-likeness (QED) is 0.897. The fraction of sp³-hybridized carbons (Fsp3) is 0.417. The maximum Gasteiger partial charge on any atom is 0.241 e. The SMILES string of the molecule is O=C(CNS(=O)(=O)c1cc(F)cc(F)c1)N1CCCC1. The van der Waals surface area contributed by atoms with Crippen LogP contribution >= 0.6 is 0 Å². The molecular formula is C12H14F2N2O3S. The molecule has 110 valence electrons. The lowest BCUT2D eigenvalue weighted by Crippen LogP contribution is -2.38. The van der Waals surface area contributed by atoms with E-state index in [1.807, 2.05) is 0 Å². The minimum absolute atomic E-state index is 0.344. The van der Waals surface area contributed by atoms with Gasteiger partial charge in [-0.3, -0.25) is 4.79 Å². The summed E-state index contributed by atoms with van der Waals surface area (Å²) in [6.07, 6.45) is 1.79. The molecule has 0 aliphatic carbocycles. The molecule has 1 aromatic carbocycles. The van der Waals surface area contributed by atoms with E-state index in [1.165, 1.54) is 0 Å². The summed E-state index contributed by atoms with van der Waals surface area (Å²) < 4.78 is 51.7. The van der Waals surface area contributed by atoms with Gasteiger partial charge in [0.2, 0.25) is 15.9 Å². The van der Waals surface area contributed by atoms with Crippen molar-refractivity contribution in [3.63, 3.8) is 0 Å². The predicted octanol–water partition coefficient (Wildman–Crippen LogP) is 0.865. The van der Waals surface area contributed by atoms with E-state index in [4.69, 9.17) is 0 Å². The predicted molar refractivity (Wildman–Crippen MR) is 67.4 cm³/mol. The molecule has 0 radical (unpaired) electrons. The zero-order valence-electron chi connectivity index (χ0n) is 10.6. The van der Waals surface area contributed by atoms with Gasteiger partial charge in [-0.2, -0.15) is 0 Å². The van der Waals surface area contributed by atoms with Gasteiger partial charge in [0.1, 0.15) is 11.6 Å². The van der Waals surface area contributed by atoms with Crippen LogP contribution in [0, 0.1) is 11.6 Å². The first-order valence-corrected chi connectivity index (χ1v) is 7.60. The molecule has 2 rings (SSSR count). The monoisotopic (exact) mass is 304 g/mol. The zero-order valence-corrected chi connectivity index (χ0v) is 11.4. The Morgan fingerprint density at radius 1 is 1.15 bits per heavy atom. The summed E-state index contributed by atoms with van der Waals surface area (Å²) in [5.41, 5.74) is 0. The second kappa shape index (κ2) is 5.84. The number of amides is 1. The van der Waals surface area contributed by atoms with Crippen molar-refractivity contribution in [3.8, 4) is 0 Å². The highest BCUT2D eigenvalue weighted by Gasteiger charge is 2.21. The normalized spacial score (nSPS) is 15.6. The van der Waals surface area contributed by atoms with E-state index in [-0.39, 0.29) is 5.91 Å². The maximum atomic E-state index is 13.0. The third-order valence-corrected chi connectivity index (χ3v) is 4.40. The third-order valence-electron chi connectivity index (χ3n) is 3.02. The van der Waals surface area contributed by atoms with Crippen LogP contribution in [0.25, 0.3) is 0 Å². The van der Waals surface area contributed by atoms with E-state index < -0.39 is 33.1 Å². The molecule has 0 aromatic heterocycles. The highest BCUT2D eigenvalue weighted by Crippen LogP contribution is 2.13.